The highest BCUT2D eigenvalue weighted by Gasteiger charge is 2.52. The maximum atomic E-state index is 10.2. The molecule has 2 fully saturated rings. The van der Waals surface area contributed by atoms with Gasteiger partial charge < -0.3 is 9.84 Å². The first-order valence-corrected chi connectivity index (χ1v) is 3.13. The van der Waals surface area contributed by atoms with Crippen LogP contribution in [0.3, 0.4) is 0 Å². The van der Waals surface area contributed by atoms with E-state index in [2.05, 4.69) is 0 Å². The van der Waals surface area contributed by atoms with Crippen molar-refractivity contribution in [2.24, 2.45) is 11.8 Å². The quantitative estimate of drug-likeness (QED) is 0.537. The largest absolute Gasteiger partial charge is 0.481 e. The molecule has 0 spiro atoms. The molecule has 1 heterocycles. The van der Waals surface area contributed by atoms with Crippen molar-refractivity contribution in [2.45, 2.75) is 12.5 Å². The van der Waals surface area contributed by atoms with Crippen molar-refractivity contribution in [3.63, 3.8) is 0 Å². The molecule has 1 saturated heterocycles. The Morgan fingerprint density at radius 3 is 2.67 bits per heavy atom. The maximum absolute atomic E-state index is 10.2. The van der Waals surface area contributed by atoms with Crippen LogP contribution in [0, 0.1) is 11.8 Å². The van der Waals surface area contributed by atoms with Gasteiger partial charge in [-0.25, -0.2) is 0 Å². The van der Waals surface area contributed by atoms with E-state index in [0.717, 1.165) is 13.0 Å². The Hall–Kier alpha value is -0.570. The van der Waals surface area contributed by atoms with Crippen LogP contribution in [0.2, 0.25) is 0 Å². The molecule has 9 heavy (non-hydrogen) atoms. The highest BCUT2D eigenvalue weighted by molar-refractivity contribution is 5.73. The summed E-state index contributed by atoms with van der Waals surface area (Å²) in [6, 6.07) is 0. The minimum Gasteiger partial charge on any atom is -0.481 e. The van der Waals surface area contributed by atoms with E-state index in [1.165, 1.54) is 0 Å². The van der Waals surface area contributed by atoms with Gasteiger partial charge in [0.1, 0.15) is 0 Å². The zero-order valence-electron chi connectivity index (χ0n) is 4.91. The molecule has 0 bridgehead atoms. The van der Waals surface area contributed by atoms with E-state index < -0.39 is 5.97 Å². The zero-order valence-corrected chi connectivity index (χ0v) is 4.91. The lowest BCUT2D eigenvalue weighted by Crippen LogP contribution is -2.02. The highest BCUT2D eigenvalue weighted by Crippen LogP contribution is 2.46. The second kappa shape index (κ2) is 1.48. The predicted octanol–water partition coefficient (Wildman–Crippen LogP) is 0.106. The van der Waals surface area contributed by atoms with Crippen molar-refractivity contribution >= 4 is 5.97 Å². The van der Waals surface area contributed by atoms with Gasteiger partial charge in [-0.2, -0.15) is 0 Å². The van der Waals surface area contributed by atoms with E-state index in [1.54, 1.807) is 0 Å². The molecule has 3 heteroatoms. The van der Waals surface area contributed by atoms with Crippen LogP contribution < -0.4 is 0 Å². The summed E-state index contributed by atoms with van der Waals surface area (Å²) in [4.78, 5) is 10.2. The van der Waals surface area contributed by atoms with Crippen molar-refractivity contribution < 1.29 is 14.6 Å². The number of carboxylic acids is 1. The Morgan fingerprint density at radius 2 is 2.33 bits per heavy atom. The third kappa shape index (κ3) is 0.812. The van der Waals surface area contributed by atoms with Crippen molar-refractivity contribution in [3.8, 4) is 0 Å². The molecule has 0 aromatic rings. The molecule has 2 rings (SSSR count). The normalized spacial score (nSPS) is 46.4. The third-order valence-corrected chi connectivity index (χ3v) is 1.99. The minimum atomic E-state index is -0.657. The molecule has 1 aliphatic carbocycles. The molecule has 1 N–H and O–H groups in total. The number of carboxylic acid groups (broad SMARTS) is 1. The number of carbonyl (C=O) groups is 1. The summed E-state index contributed by atoms with van der Waals surface area (Å²) in [5.41, 5.74) is 0. The fourth-order valence-electron chi connectivity index (χ4n) is 1.21. The van der Waals surface area contributed by atoms with Crippen LogP contribution in [0.5, 0.6) is 0 Å². The molecule has 0 amide bonds. The fourth-order valence-corrected chi connectivity index (χ4v) is 1.21. The summed E-state index contributed by atoms with van der Waals surface area (Å²) in [7, 11) is 0. The standard InChI is InChI=1S/C6H8O3/c7-6(8)4-1-3(4)5-2-9-5/h3-5H,1-2H2,(H,7,8)/t3-,4-,5+/m0/s1. The lowest BCUT2D eigenvalue weighted by molar-refractivity contribution is -0.138. The second-order valence-corrected chi connectivity index (χ2v) is 2.72. The molecule has 0 unspecified atom stereocenters. The summed E-state index contributed by atoms with van der Waals surface area (Å²) in [6.45, 7) is 0.786. The van der Waals surface area contributed by atoms with Gasteiger partial charge >= 0.3 is 5.97 Å². The minimum absolute atomic E-state index is 0.0856. The Balaban J connectivity index is 1.87. The molecule has 0 aromatic carbocycles. The molecule has 50 valence electrons. The van der Waals surface area contributed by atoms with Crippen LogP contribution in [0.4, 0.5) is 0 Å². The fraction of sp³-hybridized carbons (Fsp3) is 0.833. The van der Waals surface area contributed by atoms with Crippen molar-refractivity contribution in [1.29, 1.82) is 0 Å². The predicted molar refractivity (Wildman–Crippen MR) is 29.0 cm³/mol. The zero-order chi connectivity index (χ0) is 6.43. The average Bonchev–Trinajstić information content (AvgIpc) is 2.60. The Bertz CT molecular complexity index is 150. The van der Waals surface area contributed by atoms with E-state index in [1.807, 2.05) is 0 Å². The Kier molecular flexibility index (Phi) is 0.858. The highest BCUT2D eigenvalue weighted by atomic mass is 16.6. The topological polar surface area (TPSA) is 49.8 Å². The van der Waals surface area contributed by atoms with Gasteiger partial charge in [-0.15, -0.1) is 0 Å². The van der Waals surface area contributed by atoms with Crippen LogP contribution in [0.15, 0.2) is 0 Å². The van der Waals surface area contributed by atoms with Crippen LogP contribution in [0.25, 0.3) is 0 Å². The molecule has 2 aliphatic rings. The van der Waals surface area contributed by atoms with Gasteiger partial charge in [-0.1, -0.05) is 0 Å². The van der Waals surface area contributed by atoms with E-state index >= 15 is 0 Å². The third-order valence-electron chi connectivity index (χ3n) is 1.99. The molecule has 1 aliphatic heterocycles. The van der Waals surface area contributed by atoms with Crippen molar-refractivity contribution in [2.75, 3.05) is 6.61 Å². The van der Waals surface area contributed by atoms with Crippen LogP contribution in [-0.4, -0.2) is 23.8 Å². The second-order valence-electron chi connectivity index (χ2n) is 2.72. The first-order chi connectivity index (χ1) is 4.29. The van der Waals surface area contributed by atoms with Gasteiger partial charge in [0, 0.05) is 5.92 Å². The molecule has 0 aromatic heterocycles. The van der Waals surface area contributed by atoms with Gasteiger partial charge in [0.15, 0.2) is 0 Å². The summed E-state index contributed by atoms with van der Waals surface area (Å²) in [6.07, 6.45) is 1.13. The van der Waals surface area contributed by atoms with Gasteiger partial charge in [0.05, 0.1) is 18.6 Å². The van der Waals surface area contributed by atoms with Crippen LogP contribution in [0.1, 0.15) is 6.42 Å². The lowest BCUT2D eigenvalue weighted by atomic mass is 10.2. The number of aliphatic carboxylic acids is 1. The van der Waals surface area contributed by atoms with Crippen LogP contribution >= 0.6 is 0 Å². The molecular formula is C6H8O3. The first-order valence-electron chi connectivity index (χ1n) is 3.13. The average molecular weight is 128 g/mol. The smallest absolute Gasteiger partial charge is 0.306 e. The van der Waals surface area contributed by atoms with Crippen LogP contribution in [-0.2, 0) is 9.53 Å². The number of hydrogen-bond acceptors (Lipinski definition) is 2. The summed E-state index contributed by atoms with van der Waals surface area (Å²) < 4.78 is 4.95. The van der Waals surface area contributed by atoms with Gasteiger partial charge in [-0.05, 0) is 6.42 Å². The Labute approximate surface area is 52.6 Å². The van der Waals surface area contributed by atoms with Crippen molar-refractivity contribution in [1.82, 2.24) is 0 Å². The summed E-state index contributed by atoms with van der Waals surface area (Å²) >= 11 is 0. The van der Waals surface area contributed by atoms with Crippen molar-refractivity contribution in [3.05, 3.63) is 0 Å². The Morgan fingerprint density at radius 1 is 1.67 bits per heavy atom. The monoisotopic (exact) mass is 128 g/mol. The maximum Gasteiger partial charge on any atom is 0.306 e. The first kappa shape index (κ1) is 5.23. The summed E-state index contributed by atoms with van der Waals surface area (Å²) in [5, 5.41) is 8.44. The van der Waals surface area contributed by atoms with Gasteiger partial charge in [0.2, 0.25) is 0 Å². The lowest BCUT2D eigenvalue weighted by Gasteiger charge is -1.85. The molecule has 1 saturated carbocycles. The number of epoxide rings is 1. The van der Waals surface area contributed by atoms with E-state index in [9.17, 15) is 4.79 Å². The number of hydrogen-bond donors (Lipinski definition) is 1. The molecule has 3 nitrogen and oxygen atoms in total. The van der Waals surface area contributed by atoms with E-state index in [0.29, 0.717) is 12.0 Å². The number of ether oxygens (including phenoxy) is 1. The molecular weight excluding hydrogens is 120 g/mol. The molecule has 0 radical (unpaired) electrons. The van der Waals surface area contributed by atoms with Gasteiger partial charge in [-0.3, -0.25) is 4.79 Å². The van der Waals surface area contributed by atoms with E-state index in [4.69, 9.17) is 9.84 Å². The number of rotatable bonds is 2. The van der Waals surface area contributed by atoms with E-state index in [-0.39, 0.29) is 5.92 Å². The summed E-state index contributed by atoms with van der Waals surface area (Å²) in [5.74, 6) is -0.393. The SMILES string of the molecule is O=C(O)[C@H]1C[C@@H]1[C@H]1CO1. The van der Waals surface area contributed by atoms with Gasteiger partial charge in [0.25, 0.3) is 0 Å². The molecule has 3 atom stereocenters.